The van der Waals surface area contributed by atoms with Crippen molar-refractivity contribution in [3.05, 3.63) is 0 Å². The Morgan fingerprint density at radius 2 is 1.77 bits per heavy atom. The van der Waals surface area contributed by atoms with E-state index in [1.165, 1.54) is 0 Å². The van der Waals surface area contributed by atoms with Gasteiger partial charge < -0.3 is 0 Å². The van der Waals surface area contributed by atoms with Crippen LogP contribution in [0.2, 0.25) is 4.75 Å². The quantitative estimate of drug-likeness (QED) is 0.795. The van der Waals surface area contributed by atoms with Crippen LogP contribution in [0.15, 0.2) is 0 Å². The molecule has 1 rings (SSSR count). The summed E-state index contributed by atoms with van der Waals surface area (Å²) in [4.78, 5) is 10.9. The van der Waals surface area contributed by atoms with Gasteiger partial charge in [0.1, 0.15) is 0 Å². The van der Waals surface area contributed by atoms with Gasteiger partial charge in [0.25, 0.3) is 0 Å². The van der Waals surface area contributed by atoms with Crippen LogP contribution in [-0.2, 0) is 4.79 Å². The van der Waals surface area contributed by atoms with E-state index >= 15 is 0 Å². The Hall–Kier alpha value is 0.883. The third-order valence-corrected chi connectivity index (χ3v) is 10.1. The average Bonchev–Trinajstić information content (AvgIpc) is 2.03. The SMILES string of the molecule is O=C(O)C1CCCC[CH]1[Ge]([Cl])([Cl])[Cl]. The fourth-order valence-corrected chi connectivity index (χ4v) is 8.61. The van der Waals surface area contributed by atoms with Gasteiger partial charge in [-0.25, -0.2) is 0 Å². The molecule has 76 valence electrons. The maximum atomic E-state index is 10.9. The number of carboxylic acid groups (broad SMARTS) is 1. The molecular weight excluding hydrogens is 295 g/mol. The molecule has 2 atom stereocenters. The summed E-state index contributed by atoms with van der Waals surface area (Å²) in [5.74, 6) is -1.22. The zero-order valence-electron chi connectivity index (χ0n) is 6.97. The maximum absolute atomic E-state index is 10.9. The van der Waals surface area contributed by atoms with Crippen LogP contribution in [0.25, 0.3) is 0 Å². The van der Waals surface area contributed by atoms with E-state index in [2.05, 4.69) is 0 Å². The summed E-state index contributed by atoms with van der Waals surface area (Å²) in [6, 6.07) is 0. The Kier molecular flexibility index (Phi) is 4.23. The summed E-state index contributed by atoms with van der Waals surface area (Å²) in [6.45, 7) is 0. The molecule has 1 aliphatic carbocycles. The van der Waals surface area contributed by atoms with Crippen LogP contribution in [0.1, 0.15) is 25.7 Å². The van der Waals surface area contributed by atoms with E-state index in [1.54, 1.807) is 0 Å². The molecule has 13 heavy (non-hydrogen) atoms. The van der Waals surface area contributed by atoms with Crippen LogP contribution in [0.4, 0.5) is 0 Å². The van der Waals surface area contributed by atoms with Crippen molar-refractivity contribution >= 4 is 46.5 Å². The predicted molar refractivity (Wildman–Crippen MR) is 56.7 cm³/mol. The molecule has 0 aliphatic heterocycles. The van der Waals surface area contributed by atoms with E-state index in [-0.39, 0.29) is 4.75 Å². The van der Waals surface area contributed by atoms with Gasteiger partial charge in [-0.1, -0.05) is 0 Å². The second-order valence-corrected chi connectivity index (χ2v) is 19.5. The Bertz CT molecular complexity index is 204. The molecule has 6 heteroatoms. The van der Waals surface area contributed by atoms with Crippen molar-refractivity contribution in [3.8, 4) is 0 Å². The molecule has 0 aromatic carbocycles. The van der Waals surface area contributed by atoms with Crippen LogP contribution >= 0.6 is 30.0 Å². The van der Waals surface area contributed by atoms with Crippen molar-refractivity contribution in [2.45, 2.75) is 30.4 Å². The monoisotopic (exact) mass is 306 g/mol. The molecule has 0 spiro atoms. The van der Waals surface area contributed by atoms with Crippen molar-refractivity contribution in [1.82, 2.24) is 0 Å². The van der Waals surface area contributed by atoms with Crippen LogP contribution in [0.3, 0.4) is 0 Å². The van der Waals surface area contributed by atoms with Crippen molar-refractivity contribution < 1.29 is 9.90 Å². The fraction of sp³-hybridized carbons (Fsp3) is 0.857. The Balaban J connectivity index is 2.73. The van der Waals surface area contributed by atoms with E-state index in [4.69, 9.17) is 35.1 Å². The summed E-state index contributed by atoms with van der Waals surface area (Å²) >= 11 is 0. The third kappa shape index (κ3) is 3.19. The molecule has 1 saturated carbocycles. The van der Waals surface area contributed by atoms with Gasteiger partial charge in [-0.3, -0.25) is 0 Å². The number of rotatable bonds is 2. The summed E-state index contributed by atoms with van der Waals surface area (Å²) in [7, 11) is 14.4. The van der Waals surface area contributed by atoms with Gasteiger partial charge in [0.05, 0.1) is 0 Å². The molecule has 0 bridgehead atoms. The van der Waals surface area contributed by atoms with E-state index in [1.807, 2.05) is 0 Å². The second kappa shape index (κ2) is 4.60. The summed E-state index contributed by atoms with van der Waals surface area (Å²) in [5.41, 5.74) is 0. The van der Waals surface area contributed by atoms with Crippen molar-refractivity contribution in [3.63, 3.8) is 0 Å². The van der Waals surface area contributed by atoms with Gasteiger partial charge in [-0.05, 0) is 0 Å². The molecule has 1 aliphatic rings. The first kappa shape index (κ1) is 12.0. The first-order valence-corrected chi connectivity index (χ1v) is 13.7. The Morgan fingerprint density at radius 3 is 2.15 bits per heavy atom. The number of aliphatic carboxylic acids is 1. The van der Waals surface area contributed by atoms with Gasteiger partial charge in [0.15, 0.2) is 0 Å². The van der Waals surface area contributed by atoms with E-state index in [0.717, 1.165) is 19.3 Å². The van der Waals surface area contributed by atoms with Crippen LogP contribution in [-0.4, -0.2) is 21.6 Å². The van der Waals surface area contributed by atoms with Gasteiger partial charge in [0, 0.05) is 0 Å². The number of carboxylic acids is 1. The fourth-order valence-electron chi connectivity index (χ4n) is 1.82. The minimum absolute atomic E-state index is 0.156. The average molecular weight is 306 g/mol. The van der Waals surface area contributed by atoms with Crippen LogP contribution < -0.4 is 0 Å². The molecule has 1 N–H and O–H groups in total. The second-order valence-electron chi connectivity index (χ2n) is 3.38. The van der Waals surface area contributed by atoms with E-state index < -0.39 is 22.4 Å². The number of halogens is 3. The molecule has 2 nitrogen and oxygen atoms in total. The van der Waals surface area contributed by atoms with E-state index in [0.29, 0.717) is 6.42 Å². The first-order chi connectivity index (χ1) is 5.93. The summed E-state index contributed by atoms with van der Waals surface area (Å²) < 4.78 is -0.156. The normalized spacial score (nSPS) is 30.1. The van der Waals surface area contributed by atoms with Crippen LogP contribution in [0, 0.1) is 5.92 Å². The molecule has 0 radical (unpaired) electrons. The molecule has 1 fully saturated rings. The Morgan fingerprint density at radius 1 is 1.23 bits per heavy atom. The van der Waals surface area contributed by atoms with Gasteiger partial charge in [-0.2, -0.15) is 0 Å². The first-order valence-electron chi connectivity index (χ1n) is 4.22. The number of carbonyl (C=O) groups is 1. The zero-order chi connectivity index (χ0) is 10.1. The molecule has 0 aromatic rings. The predicted octanol–water partition coefficient (Wildman–Crippen LogP) is 3.29. The molecule has 0 heterocycles. The Labute approximate surface area is 92.5 Å². The number of hydrogen-bond acceptors (Lipinski definition) is 1. The topological polar surface area (TPSA) is 37.3 Å². The van der Waals surface area contributed by atoms with Gasteiger partial charge in [-0.15, -0.1) is 0 Å². The van der Waals surface area contributed by atoms with Crippen LogP contribution in [0.5, 0.6) is 0 Å². The zero-order valence-corrected chi connectivity index (χ0v) is 11.3. The van der Waals surface area contributed by atoms with Crippen molar-refractivity contribution in [1.29, 1.82) is 0 Å². The molecule has 0 amide bonds. The number of hydrogen-bond donors (Lipinski definition) is 1. The summed E-state index contributed by atoms with van der Waals surface area (Å²) in [5, 5.41) is 8.93. The molecule has 0 aromatic heterocycles. The van der Waals surface area contributed by atoms with Gasteiger partial charge in [0.2, 0.25) is 0 Å². The standard InChI is InChI=1S/C7H11Cl3GeO2/c8-11(9,10)6-4-2-1-3-5(6)7(12)13/h5-6H,1-4H2,(H,12,13). The minimum atomic E-state index is -3.34. The molecular formula is C7H11Cl3GeO2. The van der Waals surface area contributed by atoms with Crippen molar-refractivity contribution in [2.24, 2.45) is 5.92 Å². The third-order valence-electron chi connectivity index (χ3n) is 2.50. The summed E-state index contributed by atoms with van der Waals surface area (Å²) in [6.07, 6.45) is 3.37. The van der Waals surface area contributed by atoms with Crippen molar-refractivity contribution in [2.75, 3.05) is 0 Å². The molecule has 2 unspecified atom stereocenters. The van der Waals surface area contributed by atoms with Gasteiger partial charge >= 0.3 is 92.7 Å². The molecule has 0 saturated heterocycles. The van der Waals surface area contributed by atoms with E-state index in [9.17, 15) is 4.79 Å².